The van der Waals surface area contributed by atoms with E-state index in [0.717, 1.165) is 12.8 Å². The van der Waals surface area contributed by atoms with Crippen LogP contribution in [0.3, 0.4) is 0 Å². The van der Waals surface area contributed by atoms with Crippen molar-refractivity contribution in [3.05, 3.63) is 24.3 Å². The van der Waals surface area contributed by atoms with Crippen LogP contribution in [0.2, 0.25) is 0 Å². The molecule has 0 heterocycles. The molecule has 0 aromatic carbocycles. The van der Waals surface area contributed by atoms with Crippen LogP contribution in [0.25, 0.3) is 0 Å². The molecule has 0 spiro atoms. The van der Waals surface area contributed by atoms with E-state index in [0.29, 0.717) is 12.3 Å². The second-order valence-electron chi connectivity index (χ2n) is 4.85. The third kappa shape index (κ3) is 2.09. The normalized spacial score (nSPS) is 34.9. The molecule has 14 heavy (non-hydrogen) atoms. The first-order valence-electron chi connectivity index (χ1n) is 5.47. The molecule has 0 bridgehead atoms. The van der Waals surface area contributed by atoms with Gasteiger partial charge < -0.3 is 5.11 Å². The van der Waals surface area contributed by atoms with Crippen molar-refractivity contribution in [2.24, 2.45) is 11.3 Å². The Labute approximate surface area is 87.5 Å². The van der Waals surface area contributed by atoms with Gasteiger partial charge in [-0.15, -0.1) is 6.58 Å². The summed E-state index contributed by atoms with van der Waals surface area (Å²) in [6.07, 6.45) is 6.78. The minimum Gasteiger partial charge on any atom is -0.392 e. The molecular weight excluding hydrogens is 172 g/mol. The van der Waals surface area contributed by atoms with Crippen molar-refractivity contribution in [2.75, 3.05) is 0 Å². The van der Waals surface area contributed by atoms with Gasteiger partial charge in [0.25, 0.3) is 0 Å². The largest absolute Gasteiger partial charge is 0.392 e. The number of rotatable bonds is 3. The zero-order chi connectivity index (χ0) is 10.8. The molecule has 2 unspecified atom stereocenters. The molecule has 0 aromatic rings. The highest BCUT2D eigenvalue weighted by atomic mass is 16.3. The van der Waals surface area contributed by atoms with Crippen molar-refractivity contribution in [1.29, 1.82) is 0 Å². The molecule has 1 aliphatic rings. The molecule has 1 heteroatoms. The average molecular weight is 194 g/mol. The zero-order valence-electron chi connectivity index (χ0n) is 9.59. The van der Waals surface area contributed by atoms with Crippen LogP contribution < -0.4 is 0 Å². The molecule has 1 aliphatic carbocycles. The van der Waals surface area contributed by atoms with Crippen LogP contribution in [0.15, 0.2) is 24.3 Å². The van der Waals surface area contributed by atoms with Gasteiger partial charge in [0, 0.05) is 5.41 Å². The van der Waals surface area contributed by atoms with Crippen molar-refractivity contribution in [3.8, 4) is 0 Å². The highest BCUT2D eigenvalue weighted by Crippen LogP contribution is 2.43. The first-order chi connectivity index (χ1) is 6.50. The summed E-state index contributed by atoms with van der Waals surface area (Å²) in [7, 11) is 0. The third-order valence-corrected chi connectivity index (χ3v) is 3.78. The zero-order valence-corrected chi connectivity index (χ0v) is 9.59. The van der Waals surface area contributed by atoms with Crippen molar-refractivity contribution in [1.82, 2.24) is 0 Å². The molecule has 3 atom stereocenters. The Morgan fingerprint density at radius 1 is 1.79 bits per heavy atom. The van der Waals surface area contributed by atoms with E-state index < -0.39 is 0 Å². The van der Waals surface area contributed by atoms with Gasteiger partial charge in [-0.1, -0.05) is 31.6 Å². The molecule has 0 saturated carbocycles. The standard InChI is InChI=1S/C13H22O/c1-5-6-12(14)13(4)8-7-10(2)9-11(13)3/h5,9,11-12,14H,1,6-8H2,2-4H3/t11?,12?,13-/m1/s1. The Morgan fingerprint density at radius 3 is 2.93 bits per heavy atom. The summed E-state index contributed by atoms with van der Waals surface area (Å²) in [6, 6.07) is 0. The number of hydrogen-bond acceptors (Lipinski definition) is 1. The SMILES string of the molecule is C=CCC(O)[C@]1(C)CCC(C)=CC1C. The average Bonchev–Trinajstić information content (AvgIpc) is 2.12. The Kier molecular flexibility index (Phi) is 3.54. The highest BCUT2D eigenvalue weighted by Gasteiger charge is 2.38. The van der Waals surface area contributed by atoms with Crippen LogP contribution >= 0.6 is 0 Å². The predicted molar refractivity (Wildman–Crippen MR) is 61.1 cm³/mol. The number of aliphatic hydroxyl groups is 1. The minimum atomic E-state index is -0.251. The van der Waals surface area contributed by atoms with E-state index in [1.165, 1.54) is 5.57 Å². The number of allylic oxidation sites excluding steroid dienone is 2. The molecule has 1 N–H and O–H groups in total. The first kappa shape index (κ1) is 11.5. The van der Waals surface area contributed by atoms with Crippen LogP contribution in [-0.4, -0.2) is 11.2 Å². The van der Waals surface area contributed by atoms with E-state index >= 15 is 0 Å². The fourth-order valence-corrected chi connectivity index (χ4v) is 2.29. The Hall–Kier alpha value is -0.560. The fraction of sp³-hybridized carbons (Fsp3) is 0.692. The Morgan fingerprint density at radius 2 is 2.43 bits per heavy atom. The summed E-state index contributed by atoms with van der Waals surface area (Å²) >= 11 is 0. The summed E-state index contributed by atoms with van der Waals surface area (Å²) in [5.41, 5.74) is 1.49. The molecule has 1 rings (SSSR count). The van der Waals surface area contributed by atoms with Crippen LogP contribution in [0.5, 0.6) is 0 Å². The van der Waals surface area contributed by atoms with Gasteiger partial charge >= 0.3 is 0 Å². The van der Waals surface area contributed by atoms with Gasteiger partial charge in [-0.25, -0.2) is 0 Å². The molecule has 1 nitrogen and oxygen atoms in total. The van der Waals surface area contributed by atoms with E-state index in [-0.39, 0.29) is 11.5 Å². The van der Waals surface area contributed by atoms with Gasteiger partial charge in [0.15, 0.2) is 0 Å². The highest BCUT2D eigenvalue weighted by molar-refractivity contribution is 5.11. The van der Waals surface area contributed by atoms with Crippen LogP contribution in [0.1, 0.15) is 40.0 Å². The van der Waals surface area contributed by atoms with Crippen molar-refractivity contribution in [2.45, 2.75) is 46.1 Å². The lowest BCUT2D eigenvalue weighted by Gasteiger charge is -2.41. The molecule has 0 radical (unpaired) electrons. The molecule has 0 aliphatic heterocycles. The number of hydrogen-bond donors (Lipinski definition) is 1. The fourth-order valence-electron chi connectivity index (χ4n) is 2.29. The van der Waals surface area contributed by atoms with Gasteiger partial charge in [-0.05, 0) is 32.1 Å². The monoisotopic (exact) mass is 194 g/mol. The van der Waals surface area contributed by atoms with Gasteiger partial charge in [0.2, 0.25) is 0 Å². The van der Waals surface area contributed by atoms with E-state index in [2.05, 4.69) is 33.4 Å². The summed E-state index contributed by atoms with van der Waals surface area (Å²) in [6.45, 7) is 10.3. The van der Waals surface area contributed by atoms with E-state index in [9.17, 15) is 5.11 Å². The van der Waals surface area contributed by atoms with Crippen molar-refractivity contribution in [3.63, 3.8) is 0 Å². The van der Waals surface area contributed by atoms with Crippen LogP contribution in [0, 0.1) is 11.3 Å². The molecule has 0 saturated heterocycles. The van der Waals surface area contributed by atoms with Gasteiger partial charge in [0.05, 0.1) is 6.10 Å². The second-order valence-corrected chi connectivity index (χ2v) is 4.85. The lowest BCUT2D eigenvalue weighted by atomic mass is 9.66. The topological polar surface area (TPSA) is 20.2 Å². The van der Waals surface area contributed by atoms with Crippen LogP contribution in [0.4, 0.5) is 0 Å². The van der Waals surface area contributed by atoms with E-state index in [1.54, 1.807) is 0 Å². The van der Waals surface area contributed by atoms with Gasteiger partial charge in [0.1, 0.15) is 0 Å². The maximum absolute atomic E-state index is 10.1. The predicted octanol–water partition coefficient (Wildman–Crippen LogP) is 3.31. The van der Waals surface area contributed by atoms with Gasteiger partial charge in [-0.3, -0.25) is 0 Å². The molecule has 80 valence electrons. The summed E-state index contributed by atoms with van der Waals surface area (Å²) < 4.78 is 0. The van der Waals surface area contributed by atoms with Crippen molar-refractivity contribution >= 4 is 0 Å². The maximum atomic E-state index is 10.1. The summed E-state index contributed by atoms with van der Waals surface area (Å²) in [5.74, 6) is 0.464. The quantitative estimate of drug-likeness (QED) is 0.683. The van der Waals surface area contributed by atoms with Crippen LogP contribution in [-0.2, 0) is 0 Å². The lowest BCUT2D eigenvalue weighted by molar-refractivity contribution is 0.00314. The molecule has 0 aromatic heterocycles. The lowest BCUT2D eigenvalue weighted by Crippen LogP contribution is -2.39. The Bertz CT molecular complexity index is 242. The molecule has 0 fully saturated rings. The summed E-state index contributed by atoms with van der Waals surface area (Å²) in [5, 5.41) is 10.1. The summed E-state index contributed by atoms with van der Waals surface area (Å²) in [4.78, 5) is 0. The molecule has 0 amide bonds. The molecular formula is C13H22O. The van der Waals surface area contributed by atoms with Gasteiger partial charge in [-0.2, -0.15) is 0 Å². The van der Waals surface area contributed by atoms with E-state index in [4.69, 9.17) is 0 Å². The number of aliphatic hydroxyl groups excluding tert-OH is 1. The van der Waals surface area contributed by atoms with E-state index in [1.807, 2.05) is 6.08 Å². The van der Waals surface area contributed by atoms with Crippen molar-refractivity contribution < 1.29 is 5.11 Å². The Balaban J connectivity index is 2.79. The maximum Gasteiger partial charge on any atom is 0.0633 e. The smallest absolute Gasteiger partial charge is 0.0633 e. The second kappa shape index (κ2) is 4.31. The first-order valence-corrected chi connectivity index (χ1v) is 5.47. The third-order valence-electron chi connectivity index (χ3n) is 3.78. The minimum absolute atomic E-state index is 0.0354.